The van der Waals surface area contributed by atoms with Gasteiger partial charge in [0.15, 0.2) is 0 Å². The molecule has 3 aromatic rings. The molecule has 160 valence electrons. The highest BCUT2D eigenvalue weighted by molar-refractivity contribution is 7.90. The molecule has 0 aliphatic rings. The van der Waals surface area contributed by atoms with Crippen LogP contribution >= 0.6 is 34.5 Å². The lowest BCUT2D eigenvalue weighted by Crippen LogP contribution is -2.32. The van der Waals surface area contributed by atoms with Gasteiger partial charge in [-0.15, -0.1) is 11.3 Å². The number of benzene rings is 2. The molecule has 0 atom stereocenters. The van der Waals surface area contributed by atoms with Crippen molar-refractivity contribution < 1.29 is 13.2 Å². The Hall–Kier alpha value is -1.60. The number of aryl methyl sites for hydroxylation is 1. The van der Waals surface area contributed by atoms with E-state index in [2.05, 4.69) is 4.72 Å². The zero-order chi connectivity index (χ0) is 21.9. The van der Waals surface area contributed by atoms with Gasteiger partial charge in [-0.25, -0.2) is 13.1 Å². The first-order chi connectivity index (χ1) is 14.2. The fourth-order valence-electron chi connectivity index (χ4n) is 3.29. The predicted octanol–water partition coefficient (Wildman–Crippen LogP) is 6.36. The molecule has 4 nitrogen and oxygen atoms in total. The summed E-state index contributed by atoms with van der Waals surface area (Å²) in [7, 11) is -3.65. The van der Waals surface area contributed by atoms with Gasteiger partial charge >= 0.3 is 0 Å². The summed E-state index contributed by atoms with van der Waals surface area (Å²) in [6.07, 6.45) is 2.83. The smallest absolute Gasteiger partial charge is 0.264 e. The molecule has 0 unspecified atom stereocenters. The number of unbranched alkanes of at least 4 members (excludes halogenated alkanes) is 2. The number of fused-ring (bicyclic) bond motifs is 1. The monoisotopic (exact) mass is 483 g/mol. The number of carbonyl (C=O) groups is 1. The lowest BCUT2D eigenvalue weighted by atomic mass is 10.0. The van der Waals surface area contributed by atoms with Gasteiger partial charge in [0.05, 0.1) is 5.75 Å². The Morgan fingerprint density at radius 2 is 1.87 bits per heavy atom. The maximum Gasteiger partial charge on any atom is 0.264 e. The van der Waals surface area contributed by atoms with Crippen molar-refractivity contribution in [2.45, 2.75) is 39.5 Å². The van der Waals surface area contributed by atoms with Crippen molar-refractivity contribution in [3.63, 3.8) is 0 Å². The van der Waals surface area contributed by atoms with Crippen LogP contribution in [0.25, 0.3) is 10.1 Å². The second kappa shape index (κ2) is 9.69. The molecule has 0 bridgehead atoms. The zero-order valence-electron chi connectivity index (χ0n) is 16.8. The van der Waals surface area contributed by atoms with Crippen molar-refractivity contribution in [3.8, 4) is 0 Å². The molecule has 30 heavy (non-hydrogen) atoms. The van der Waals surface area contributed by atoms with Crippen LogP contribution in [0, 0.1) is 6.92 Å². The molecule has 0 saturated heterocycles. The fourth-order valence-corrected chi connectivity index (χ4v) is 5.82. The zero-order valence-corrected chi connectivity index (χ0v) is 19.9. The maximum atomic E-state index is 12.6. The highest BCUT2D eigenvalue weighted by atomic mass is 35.5. The third-order valence-corrected chi connectivity index (χ3v) is 7.95. The first-order valence-corrected chi connectivity index (χ1v) is 12.9. The van der Waals surface area contributed by atoms with E-state index in [1.165, 1.54) is 0 Å². The van der Waals surface area contributed by atoms with Crippen molar-refractivity contribution in [1.82, 2.24) is 4.72 Å². The normalized spacial score (nSPS) is 11.7. The number of rotatable bonds is 8. The minimum atomic E-state index is -3.65. The maximum absolute atomic E-state index is 12.6. The van der Waals surface area contributed by atoms with Gasteiger partial charge in [-0.1, -0.05) is 43.0 Å². The average Bonchev–Trinajstić information content (AvgIpc) is 2.99. The molecule has 8 heteroatoms. The van der Waals surface area contributed by atoms with Gasteiger partial charge in [-0.05, 0) is 66.3 Å². The topological polar surface area (TPSA) is 63.2 Å². The SMILES string of the molecule is CCCCCS(=O)(=O)NC(=O)c1ccc2sc(C)c(Cc3cc(Cl)ccc3Cl)c2c1. The lowest BCUT2D eigenvalue weighted by molar-refractivity contribution is 0.0981. The minimum absolute atomic E-state index is 0.0507. The number of carbonyl (C=O) groups excluding carboxylic acids is 1. The van der Waals surface area contributed by atoms with E-state index in [4.69, 9.17) is 23.2 Å². The van der Waals surface area contributed by atoms with Crippen LogP contribution in [0.4, 0.5) is 0 Å². The van der Waals surface area contributed by atoms with Gasteiger partial charge in [-0.3, -0.25) is 4.79 Å². The lowest BCUT2D eigenvalue weighted by Gasteiger charge is -2.08. The number of hydrogen-bond acceptors (Lipinski definition) is 4. The summed E-state index contributed by atoms with van der Waals surface area (Å²) in [5.41, 5.74) is 2.28. The van der Waals surface area contributed by atoms with Gasteiger partial charge in [0.1, 0.15) is 0 Å². The third kappa shape index (κ3) is 5.55. The Balaban J connectivity index is 1.89. The number of nitrogens with one attached hydrogen (secondary N) is 1. The van der Waals surface area contributed by atoms with Crippen LogP contribution in [0.1, 0.15) is 52.5 Å². The number of sulfonamides is 1. The highest BCUT2D eigenvalue weighted by Crippen LogP contribution is 2.35. The largest absolute Gasteiger partial charge is 0.268 e. The molecule has 3 rings (SSSR count). The van der Waals surface area contributed by atoms with E-state index in [0.717, 1.165) is 38.9 Å². The number of thiophene rings is 1. The van der Waals surface area contributed by atoms with Crippen molar-refractivity contribution in [2.24, 2.45) is 0 Å². The van der Waals surface area contributed by atoms with E-state index in [-0.39, 0.29) is 5.75 Å². The summed E-state index contributed by atoms with van der Waals surface area (Å²) in [5.74, 6) is -0.658. The predicted molar refractivity (Wildman–Crippen MR) is 127 cm³/mol. The van der Waals surface area contributed by atoms with Crippen LogP contribution < -0.4 is 4.72 Å². The molecule has 2 aromatic carbocycles. The van der Waals surface area contributed by atoms with E-state index < -0.39 is 15.9 Å². The summed E-state index contributed by atoms with van der Waals surface area (Å²) in [6, 6.07) is 10.6. The van der Waals surface area contributed by atoms with E-state index in [1.807, 2.05) is 26.0 Å². The molecular weight excluding hydrogens is 461 g/mol. The van der Waals surface area contributed by atoms with E-state index in [1.54, 1.807) is 35.6 Å². The Bertz CT molecular complexity index is 1190. The van der Waals surface area contributed by atoms with Crippen molar-refractivity contribution >= 4 is 60.6 Å². The molecule has 0 radical (unpaired) electrons. The molecule has 0 saturated carbocycles. The second-order valence-corrected chi connectivity index (χ2v) is 11.2. The van der Waals surface area contributed by atoms with Crippen molar-refractivity contribution in [2.75, 3.05) is 5.75 Å². The Labute approximate surface area is 191 Å². The average molecular weight is 484 g/mol. The highest BCUT2D eigenvalue weighted by Gasteiger charge is 2.18. The van der Waals surface area contributed by atoms with Gasteiger partial charge < -0.3 is 0 Å². The summed E-state index contributed by atoms with van der Waals surface area (Å²) < 4.78 is 27.6. The summed E-state index contributed by atoms with van der Waals surface area (Å²) in [5, 5.41) is 2.16. The molecule has 0 aliphatic heterocycles. The van der Waals surface area contributed by atoms with Gasteiger partial charge in [0.25, 0.3) is 5.91 Å². The van der Waals surface area contributed by atoms with Crippen molar-refractivity contribution in [1.29, 1.82) is 0 Å². The van der Waals surface area contributed by atoms with Crippen LogP contribution in [0.15, 0.2) is 36.4 Å². The molecule has 0 spiro atoms. The molecule has 0 fully saturated rings. The molecule has 1 heterocycles. The Morgan fingerprint density at radius 1 is 1.10 bits per heavy atom. The second-order valence-electron chi connectivity index (χ2n) is 7.22. The molecule has 1 amide bonds. The van der Waals surface area contributed by atoms with Crippen LogP contribution in [0.3, 0.4) is 0 Å². The van der Waals surface area contributed by atoms with Crippen LogP contribution in [-0.2, 0) is 16.4 Å². The van der Waals surface area contributed by atoms with Crippen molar-refractivity contribution in [3.05, 3.63) is 68.0 Å². The number of hydrogen-bond donors (Lipinski definition) is 1. The minimum Gasteiger partial charge on any atom is -0.268 e. The van der Waals surface area contributed by atoms with Gasteiger partial charge in [-0.2, -0.15) is 0 Å². The standard InChI is InChI=1S/C22H23Cl2NO3S2/c1-3-4-5-10-30(27,28)25-22(26)15-6-9-21-19(12-15)18(14(2)29-21)13-16-11-17(23)7-8-20(16)24/h6-9,11-12H,3-5,10,13H2,1-2H3,(H,25,26). The van der Waals surface area contributed by atoms with E-state index >= 15 is 0 Å². The molecule has 1 aromatic heterocycles. The molecule has 1 N–H and O–H groups in total. The summed E-state index contributed by atoms with van der Waals surface area (Å²) >= 11 is 14.1. The summed E-state index contributed by atoms with van der Waals surface area (Å²) in [4.78, 5) is 13.7. The van der Waals surface area contributed by atoms with Crippen LogP contribution in [0.5, 0.6) is 0 Å². The Kier molecular flexibility index (Phi) is 7.45. The first kappa shape index (κ1) is 23.1. The van der Waals surface area contributed by atoms with Crippen LogP contribution in [0.2, 0.25) is 10.0 Å². The third-order valence-electron chi connectivity index (χ3n) is 4.89. The van der Waals surface area contributed by atoms with Gasteiger partial charge in [0, 0.05) is 31.6 Å². The van der Waals surface area contributed by atoms with E-state index in [0.29, 0.717) is 28.5 Å². The number of halogens is 2. The molecule has 0 aliphatic carbocycles. The summed E-state index contributed by atoms with van der Waals surface area (Å²) in [6.45, 7) is 4.02. The van der Waals surface area contributed by atoms with Gasteiger partial charge in [0.2, 0.25) is 10.0 Å². The Morgan fingerprint density at radius 3 is 2.60 bits per heavy atom. The van der Waals surface area contributed by atoms with E-state index in [9.17, 15) is 13.2 Å². The quantitative estimate of drug-likeness (QED) is 0.379. The van der Waals surface area contributed by atoms with Crippen LogP contribution in [-0.4, -0.2) is 20.1 Å². The fraction of sp³-hybridized carbons (Fsp3) is 0.318. The number of amides is 1. The first-order valence-electron chi connectivity index (χ1n) is 9.71. The molecular formula is C22H23Cl2NO3S2.